The highest BCUT2D eigenvalue weighted by atomic mass is 127. The average molecular weight is 448 g/mol. The minimum absolute atomic E-state index is 0. The van der Waals surface area contributed by atoms with E-state index in [9.17, 15) is 0 Å². The molecule has 0 unspecified atom stereocenters. The molecular weight excluding hydrogens is 411 g/mol. The highest BCUT2D eigenvalue weighted by molar-refractivity contribution is 14.0. The summed E-state index contributed by atoms with van der Waals surface area (Å²) in [7, 11) is 1.90. The second-order valence-electron chi connectivity index (χ2n) is 8.34. The SMILES string of the molecule is CN=C(NCC1(C)CCCC1)NC1CCN(C2CCCC2)CC1.I. The van der Waals surface area contributed by atoms with Crippen LogP contribution in [0.15, 0.2) is 4.99 Å². The third-order valence-electron chi connectivity index (χ3n) is 6.43. The zero-order valence-corrected chi connectivity index (χ0v) is 18.0. The van der Waals surface area contributed by atoms with Crippen molar-refractivity contribution >= 4 is 29.9 Å². The number of hydrogen-bond acceptors (Lipinski definition) is 2. The zero-order chi connectivity index (χ0) is 16.1. The molecule has 3 aliphatic rings. The summed E-state index contributed by atoms with van der Waals surface area (Å²) in [5, 5.41) is 7.26. The van der Waals surface area contributed by atoms with Gasteiger partial charge in [-0.2, -0.15) is 0 Å². The molecule has 1 aliphatic heterocycles. The summed E-state index contributed by atoms with van der Waals surface area (Å²) in [4.78, 5) is 7.19. The standard InChI is InChI=1S/C19H36N4.HI/c1-19(11-5-6-12-19)15-21-18(20-2)22-16-9-13-23(14-10-16)17-7-3-4-8-17;/h16-17H,3-15H2,1-2H3,(H2,20,21,22);1H. The number of nitrogens with one attached hydrogen (secondary N) is 2. The Bertz CT molecular complexity index is 392. The second-order valence-corrected chi connectivity index (χ2v) is 8.34. The van der Waals surface area contributed by atoms with Crippen molar-refractivity contribution in [3.8, 4) is 0 Å². The van der Waals surface area contributed by atoms with Crippen molar-refractivity contribution in [2.75, 3.05) is 26.7 Å². The van der Waals surface area contributed by atoms with E-state index in [0.29, 0.717) is 11.5 Å². The van der Waals surface area contributed by atoms with Gasteiger partial charge in [0.25, 0.3) is 0 Å². The quantitative estimate of drug-likeness (QED) is 0.391. The fourth-order valence-corrected chi connectivity index (χ4v) is 4.77. The third kappa shape index (κ3) is 5.48. The molecule has 0 aromatic carbocycles. The molecule has 3 rings (SSSR count). The molecule has 24 heavy (non-hydrogen) atoms. The molecule has 0 aromatic rings. The first kappa shape index (κ1) is 20.3. The fourth-order valence-electron chi connectivity index (χ4n) is 4.77. The molecule has 2 saturated carbocycles. The Morgan fingerprint density at radius 3 is 2.25 bits per heavy atom. The van der Waals surface area contributed by atoms with Gasteiger partial charge in [-0.1, -0.05) is 32.6 Å². The molecule has 0 bridgehead atoms. The van der Waals surface area contributed by atoms with Crippen LogP contribution in [0.3, 0.4) is 0 Å². The van der Waals surface area contributed by atoms with Gasteiger partial charge in [-0.3, -0.25) is 4.99 Å². The van der Waals surface area contributed by atoms with E-state index in [1.165, 1.54) is 77.3 Å². The topological polar surface area (TPSA) is 39.7 Å². The lowest BCUT2D eigenvalue weighted by molar-refractivity contribution is 0.150. The lowest BCUT2D eigenvalue weighted by Gasteiger charge is -2.37. The monoisotopic (exact) mass is 448 g/mol. The van der Waals surface area contributed by atoms with Crippen molar-refractivity contribution in [2.24, 2.45) is 10.4 Å². The summed E-state index contributed by atoms with van der Waals surface area (Å²) >= 11 is 0. The molecule has 1 saturated heterocycles. The lowest BCUT2D eigenvalue weighted by atomic mass is 9.89. The maximum absolute atomic E-state index is 4.45. The molecule has 0 radical (unpaired) electrons. The minimum atomic E-state index is 0. The molecule has 0 atom stereocenters. The van der Waals surface area contributed by atoms with Gasteiger partial charge < -0.3 is 15.5 Å². The molecule has 2 N–H and O–H groups in total. The summed E-state index contributed by atoms with van der Waals surface area (Å²) in [5.41, 5.74) is 0.476. The molecule has 5 heteroatoms. The van der Waals surface area contributed by atoms with Crippen molar-refractivity contribution in [3.63, 3.8) is 0 Å². The van der Waals surface area contributed by atoms with Gasteiger partial charge >= 0.3 is 0 Å². The molecule has 140 valence electrons. The number of nitrogens with zero attached hydrogens (tertiary/aromatic N) is 2. The molecule has 4 nitrogen and oxygen atoms in total. The van der Waals surface area contributed by atoms with E-state index in [1.807, 2.05) is 7.05 Å². The normalized spacial score (nSPS) is 26.3. The number of rotatable bonds is 4. The number of hydrogen-bond donors (Lipinski definition) is 2. The van der Waals surface area contributed by atoms with E-state index in [1.54, 1.807) is 0 Å². The van der Waals surface area contributed by atoms with Gasteiger partial charge in [0.15, 0.2) is 5.96 Å². The fraction of sp³-hybridized carbons (Fsp3) is 0.947. The van der Waals surface area contributed by atoms with E-state index in [2.05, 4.69) is 27.4 Å². The summed E-state index contributed by atoms with van der Waals surface area (Å²) in [6.07, 6.45) is 13.8. The molecule has 0 aromatic heterocycles. The largest absolute Gasteiger partial charge is 0.356 e. The zero-order valence-electron chi connectivity index (χ0n) is 15.6. The molecule has 3 fully saturated rings. The number of aliphatic imine (C=N–C) groups is 1. The van der Waals surface area contributed by atoms with Gasteiger partial charge in [0, 0.05) is 38.8 Å². The van der Waals surface area contributed by atoms with Crippen LogP contribution in [-0.2, 0) is 0 Å². The van der Waals surface area contributed by atoms with Crippen LogP contribution < -0.4 is 10.6 Å². The first-order valence-corrected chi connectivity index (χ1v) is 9.90. The van der Waals surface area contributed by atoms with Gasteiger partial charge in [0.1, 0.15) is 0 Å². The summed E-state index contributed by atoms with van der Waals surface area (Å²) < 4.78 is 0. The number of guanidine groups is 1. The smallest absolute Gasteiger partial charge is 0.191 e. The predicted molar refractivity (Wildman–Crippen MR) is 113 cm³/mol. The Hall–Kier alpha value is -0.0400. The lowest BCUT2D eigenvalue weighted by Crippen LogP contribution is -2.51. The Kier molecular flexibility index (Phi) is 8.11. The summed E-state index contributed by atoms with van der Waals surface area (Å²) in [6.45, 7) is 6.00. The van der Waals surface area contributed by atoms with Crippen molar-refractivity contribution in [1.29, 1.82) is 0 Å². The van der Waals surface area contributed by atoms with Gasteiger partial charge in [0.05, 0.1) is 0 Å². The molecular formula is C19H37IN4. The minimum Gasteiger partial charge on any atom is -0.356 e. The molecule has 2 aliphatic carbocycles. The Morgan fingerprint density at radius 1 is 1.04 bits per heavy atom. The molecule has 0 amide bonds. The molecule has 0 spiro atoms. The Labute approximate surface area is 165 Å². The molecule has 1 heterocycles. The van der Waals surface area contributed by atoms with E-state index in [-0.39, 0.29) is 24.0 Å². The highest BCUT2D eigenvalue weighted by Crippen LogP contribution is 2.36. The second kappa shape index (κ2) is 9.60. The van der Waals surface area contributed by atoms with Crippen molar-refractivity contribution in [3.05, 3.63) is 0 Å². The Balaban J connectivity index is 0.00000208. The van der Waals surface area contributed by atoms with Crippen LogP contribution in [0.25, 0.3) is 0 Å². The van der Waals surface area contributed by atoms with E-state index in [0.717, 1.165) is 18.5 Å². The van der Waals surface area contributed by atoms with Crippen molar-refractivity contribution in [1.82, 2.24) is 15.5 Å². The Morgan fingerprint density at radius 2 is 1.67 bits per heavy atom. The van der Waals surface area contributed by atoms with Crippen molar-refractivity contribution in [2.45, 2.75) is 83.2 Å². The van der Waals surface area contributed by atoms with Crippen LogP contribution in [0.4, 0.5) is 0 Å². The van der Waals surface area contributed by atoms with E-state index >= 15 is 0 Å². The summed E-state index contributed by atoms with van der Waals surface area (Å²) in [6, 6.07) is 1.48. The first-order valence-electron chi connectivity index (χ1n) is 9.90. The van der Waals surface area contributed by atoms with Crippen LogP contribution in [0.2, 0.25) is 0 Å². The van der Waals surface area contributed by atoms with Gasteiger partial charge in [-0.15, -0.1) is 24.0 Å². The van der Waals surface area contributed by atoms with Crippen LogP contribution >= 0.6 is 24.0 Å². The van der Waals surface area contributed by atoms with Crippen LogP contribution in [0.5, 0.6) is 0 Å². The average Bonchev–Trinajstić information content (AvgIpc) is 3.24. The number of halogens is 1. The third-order valence-corrected chi connectivity index (χ3v) is 6.43. The maximum atomic E-state index is 4.45. The van der Waals surface area contributed by atoms with Crippen molar-refractivity contribution < 1.29 is 0 Å². The van der Waals surface area contributed by atoms with Crippen LogP contribution in [-0.4, -0.2) is 49.6 Å². The van der Waals surface area contributed by atoms with Gasteiger partial charge in [-0.05, 0) is 43.9 Å². The number of likely N-dealkylation sites (tertiary alicyclic amines) is 1. The predicted octanol–water partition coefficient (Wildman–Crippen LogP) is 3.76. The van der Waals surface area contributed by atoms with Crippen LogP contribution in [0, 0.1) is 5.41 Å². The van der Waals surface area contributed by atoms with E-state index < -0.39 is 0 Å². The van der Waals surface area contributed by atoms with Gasteiger partial charge in [-0.25, -0.2) is 0 Å². The first-order chi connectivity index (χ1) is 11.2. The maximum Gasteiger partial charge on any atom is 0.191 e. The van der Waals surface area contributed by atoms with E-state index in [4.69, 9.17) is 0 Å². The van der Waals surface area contributed by atoms with Crippen LogP contribution in [0.1, 0.15) is 71.1 Å². The summed E-state index contributed by atoms with van der Waals surface area (Å²) in [5.74, 6) is 1.01. The number of piperidine rings is 1. The highest BCUT2D eigenvalue weighted by Gasteiger charge is 2.30. The van der Waals surface area contributed by atoms with Gasteiger partial charge in [0.2, 0.25) is 0 Å².